The van der Waals surface area contributed by atoms with Crippen molar-refractivity contribution in [3.63, 3.8) is 0 Å². The smallest absolute Gasteiger partial charge is 0.250 e. The van der Waals surface area contributed by atoms with Crippen LogP contribution in [0.1, 0.15) is 60.1 Å². The number of benzene rings is 1. The first-order chi connectivity index (χ1) is 16.6. The van der Waals surface area contributed by atoms with E-state index in [4.69, 9.17) is 10.5 Å². The fourth-order valence-corrected chi connectivity index (χ4v) is 4.91. The molecule has 182 valence electrons. The van der Waals surface area contributed by atoms with Crippen LogP contribution in [0.5, 0.6) is 5.75 Å². The molecule has 0 unspecified atom stereocenters. The van der Waals surface area contributed by atoms with Gasteiger partial charge in [-0.25, -0.2) is 0 Å². The van der Waals surface area contributed by atoms with Crippen molar-refractivity contribution in [1.29, 1.82) is 0 Å². The summed E-state index contributed by atoms with van der Waals surface area (Å²) in [6.07, 6.45) is 9.68. The lowest BCUT2D eigenvalue weighted by Gasteiger charge is -2.34. The quantitative estimate of drug-likeness (QED) is 0.614. The zero-order valence-electron chi connectivity index (χ0n) is 20.0. The second kappa shape index (κ2) is 12.0. The zero-order valence-corrected chi connectivity index (χ0v) is 20.0. The zero-order chi connectivity index (χ0) is 23.8. The number of pyridine rings is 1. The van der Waals surface area contributed by atoms with Crippen molar-refractivity contribution >= 4 is 11.8 Å². The highest BCUT2D eigenvalue weighted by Crippen LogP contribution is 2.26. The summed E-state index contributed by atoms with van der Waals surface area (Å²) in [7, 11) is 0. The van der Waals surface area contributed by atoms with Crippen LogP contribution >= 0.6 is 0 Å². The molecule has 1 saturated heterocycles. The Hall–Kier alpha value is -2.93. The second-order valence-corrected chi connectivity index (χ2v) is 9.52. The summed E-state index contributed by atoms with van der Waals surface area (Å²) in [4.78, 5) is 32.3. The number of amides is 2. The van der Waals surface area contributed by atoms with Crippen LogP contribution in [0.15, 0.2) is 42.6 Å². The lowest BCUT2D eigenvalue weighted by molar-refractivity contribution is -0.132. The molecule has 1 aliphatic carbocycles. The Morgan fingerprint density at radius 1 is 1.03 bits per heavy atom. The lowest BCUT2D eigenvalue weighted by Crippen LogP contribution is -2.48. The van der Waals surface area contributed by atoms with Crippen molar-refractivity contribution in [3.8, 4) is 5.75 Å². The van der Waals surface area contributed by atoms with Crippen LogP contribution in [0.25, 0.3) is 0 Å². The first kappa shape index (κ1) is 24.2. The van der Waals surface area contributed by atoms with Crippen LogP contribution in [0.2, 0.25) is 0 Å². The first-order valence-corrected chi connectivity index (χ1v) is 12.5. The maximum atomic E-state index is 12.7. The van der Waals surface area contributed by atoms with Crippen LogP contribution < -0.4 is 10.5 Å². The molecule has 1 aliphatic heterocycles. The van der Waals surface area contributed by atoms with E-state index in [0.717, 1.165) is 44.3 Å². The number of carbonyl (C=O) groups is 2. The Morgan fingerprint density at radius 2 is 1.82 bits per heavy atom. The molecule has 0 atom stereocenters. The molecule has 2 N–H and O–H groups in total. The molecule has 1 saturated carbocycles. The SMILES string of the molecule is NC(=O)c1ccc(CC(=O)N2CCN(Cc3cccc(OCCC4CCCCC4)c3)CC2)nc1. The summed E-state index contributed by atoms with van der Waals surface area (Å²) >= 11 is 0. The number of nitrogens with two attached hydrogens (primary N) is 1. The van der Waals surface area contributed by atoms with Gasteiger partial charge in [0.15, 0.2) is 0 Å². The number of hydrogen-bond acceptors (Lipinski definition) is 5. The van der Waals surface area contributed by atoms with E-state index < -0.39 is 5.91 Å². The van der Waals surface area contributed by atoms with Gasteiger partial charge < -0.3 is 15.4 Å². The first-order valence-electron chi connectivity index (χ1n) is 12.5. The van der Waals surface area contributed by atoms with E-state index >= 15 is 0 Å². The number of aromatic nitrogens is 1. The average Bonchev–Trinajstić information content (AvgIpc) is 2.86. The molecule has 2 aromatic rings. The third-order valence-electron chi connectivity index (χ3n) is 6.99. The highest BCUT2D eigenvalue weighted by molar-refractivity contribution is 5.92. The number of nitrogens with zero attached hydrogens (tertiary/aromatic N) is 3. The highest BCUT2D eigenvalue weighted by atomic mass is 16.5. The van der Waals surface area contributed by atoms with Gasteiger partial charge in [-0.05, 0) is 42.2 Å². The standard InChI is InChI=1S/C27H36N4O3/c28-27(33)23-9-10-24(29-19-23)18-26(32)31-14-12-30(13-15-31)20-22-7-4-8-25(17-22)34-16-11-21-5-2-1-3-6-21/h4,7-10,17,19,21H,1-3,5-6,11-16,18,20H2,(H2,28,33). The van der Waals surface area contributed by atoms with E-state index in [9.17, 15) is 9.59 Å². The van der Waals surface area contributed by atoms with E-state index in [1.54, 1.807) is 12.1 Å². The maximum absolute atomic E-state index is 12.7. The van der Waals surface area contributed by atoms with Gasteiger partial charge in [-0.2, -0.15) is 0 Å². The molecular formula is C27H36N4O3. The predicted molar refractivity (Wildman–Crippen MR) is 131 cm³/mol. The van der Waals surface area contributed by atoms with Gasteiger partial charge in [0, 0.05) is 44.6 Å². The molecule has 0 bridgehead atoms. The number of primary amides is 1. The molecule has 7 heteroatoms. The predicted octanol–water partition coefficient (Wildman–Crippen LogP) is 3.42. The molecule has 4 rings (SSSR count). The van der Waals surface area contributed by atoms with Gasteiger partial charge in [0.2, 0.25) is 11.8 Å². The maximum Gasteiger partial charge on any atom is 0.250 e. The molecule has 2 heterocycles. The third-order valence-corrected chi connectivity index (χ3v) is 6.99. The van der Waals surface area contributed by atoms with E-state index in [-0.39, 0.29) is 12.3 Å². The van der Waals surface area contributed by atoms with Crippen LogP contribution in [-0.2, 0) is 17.8 Å². The van der Waals surface area contributed by atoms with Crippen LogP contribution in [0, 0.1) is 5.92 Å². The van der Waals surface area contributed by atoms with Crippen molar-refractivity contribution in [3.05, 3.63) is 59.4 Å². The Labute approximate surface area is 202 Å². The molecule has 1 aromatic carbocycles. The molecule has 2 amide bonds. The average molecular weight is 465 g/mol. The Bertz CT molecular complexity index is 949. The Kier molecular flexibility index (Phi) is 8.52. The van der Waals surface area contributed by atoms with E-state index in [1.807, 2.05) is 11.0 Å². The summed E-state index contributed by atoms with van der Waals surface area (Å²) in [6, 6.07) is 11.7. The largest absolute Gasteiger partial charge is 0.494 e. The molecule has 0 radical (unpaired) electrons. The third kappa shape index (κ3) is 7.03. The molecule has 2 aliphatic rings. The minimum Gasteiger partial charge on any atom is -0.494 e. The lowest BCUT2D eigenvalue weighted by atomic mass is 9.87. The van der Waals surface area contributed by atoms with Gasteiger partial charge >= 0.3 is 0 Å². The number of carbonyl (C=O) groups excluding carboxylic acids is 2. The van der Waals surface area contributed by atoms with Gasteiger partial charge in [-0.1, -0.05) is 44.2 Å². The second-order valence-electron chi connectivity index (χ2n) is 9.52. The van der Waals surface area contributed by atoms with E-state index in [2.05, 4.69) is 28.1 Å². The normalized spacial score (nSPS) is 17.5. The number of piperazine rings is 1. The topological polar surface area (TPSA) is 88.8 Å². The molecule has 34 heavy (non-hydrogen) atoms. The summed E-state index contributed by atoms with van der Waals surface area (Å²) in [6.45, 7) is 4.75. The number of hydrogen-bond donors (Lipinski definition) is 1. The fraction of sp³-hybridized carbons (Fsp3) is 0.519. The van der Waals surface area contributed by atoms with Crippen LogP contribution in [-0.4, -0.2) is 59.4 Å². The molecule has 7 nitrogen and oxygen atoms in total. The van der Waals surface area contributed by atoms with Gasteiger partial charge in [0.05, 0.1) is 18.6 Å². The minimum atomic E-state index is -0.516. The van der Waals surface area contributed by atoms with Crippen molar-refractivity contribution in [2.45, 2.75) is 51.5 Å². The van der Waals surface area contributed by atoms with Crippen molar-refractivity contribution in [1.82, 2.24) is 14.8 Å². The van der Waals surface area contributed by atoms with Gasteiger partial charge in [-0.3, -0.25) is 19.5 Å². The van der Waals surface area contributed by atoms with Gasteiger partial charge in [0.25, 0.3) is 0 Å². The van der Waals surface area contributed by atoms with Crippen LogP contribution in [0.3, 0.4) is 0 Å². The van der Waals surface area contributed by atoms with E-state index in [1.165, 1.54) is 43.9 Å². The Balaban J connectivity index is 1.19. The number of rotatable bonds is 9. The minimum absolute atomic E-state index is 0.0624. The summed E-state index contributed by atoms with van der Waals surface area (Å²) in [5.41, 5.74) is 7.49. The molecule has 1 aromatic heterocycles. The van der Waals surface area contributed by atoms with Gasteiger partial charge in [0.1, 0.15) is 5.75 Å². The van der Waals surface area contributed by atoms with Crippen molar-refractivity contribution < 1.29 is 14.3 Å². The van der Waals surface area contributed by atoms with Crippen LogP contribution in [0.4, 0.5) is 0 Å². The molecular weight excluding hydrogens is 428 g/mol. The summed E-state index contributed by atoms with van der Waals surface area (Å²) in [5, 5.41) is 0. The molecule has 2 fully saturated rings. The molecule has 0 spiro atoms. The fourth-order valence-electron chi connectivity index (χ4n) is 4.91. The highest BCUT2D eigenvalue weighted by Gasteiger charge is 2.22. The summed E-state index contributed by atoms with van der Waals surface area (Å²) < 4.78 is 6.06. The van der Waals surface area contributed by atoms with Crippen molar-refractivity contribution in [2.75, 3.05) is 32.8 Å². The summed E-state index contributed by atoms with van der Waals surface area (Å²) in [5.74, 6) is 1.34. The monoisotopic (exact) mass is 464 g/mol. The van der Waals surface area contributed by atoms with Gasteiger partial charge in [-0.15, -0.1) is 0 Å². The van der Waals surface area contributed by atoms with E-state index in [0.29, 0.717) is 24.3 Å². The Morgan fingerprint density at radius 3 is 2.53 bits per heavy atom. The number of ether oxygens (including phenoxy) is 1. The van der Waals surface area contributed by atoms with Crippen molar-refractivity contribution in [2.24, 2.45) is 11.7 Å².